The van der Waals surface area contributed by atoms with E-state index in [1.165, 1.54) is 29.6 Å². The number of methoxy groups -OCH3 is 2. The van der Waals surface area contributed by atoms with Crippen molar-refractivity contribution < 1.29 is 33.8 Å². The molecule has 4 rings (SSSR count). The molecule has 0 bridgehead atoms. The predicted molar refractivity (Wildman–Crippen MR) is 168 cm³/mol. The minimum Gasteiger partial charge on any atom is -0.496 e. The van der Waals surface area contributed by atoms with Gasteiger partial charge in [-0.1, -0.05) is 13.8 Å². The summed E-state index contributed by atoms with van der Waals surface area (Å²) in [4.78, 5) is 49.3. The molecule has 222 valence electrons. The van der Waals surface area contributed by atoms with Gasteiger partial charge in [-0.05, 0) is 90.9 Å². The van der Waals surface area contributed by atoms with Gasteiger partial charge in [-0.25, -0.2) is 0 Å². The Morgan fingerprint density at radius 1 is 0.714 bits per heavy atom. The van der Waals surface area contributed by atoms with Crippen molar-refractivity contribution in [2.45, 2.75) is 59.3 Å². The van der Waals surface area contributed by atoms with Gasteiger partial charge in [-0.15, -0.1) is 22.7 Å². The molecule has 4 aromatic rings. The maximum atomic E-state index is 12.7. The van der Waals surface area contributed by atoms with Crippen molar-refractivity contribution in [1.29, 1.82) is 0 Å². The zero-order valence-electron chi connectivity index (χ0n) is 24.6. The Morgan fingerprint density at radius 3 is 1.52 bits per heavy atom. The normalized spacial score (nSPS) is 12.8. The summed E-state index contributed by atoms with van der Waals surface area (Å²) in [5, 5.41) is 11.1. The van der Waals surface area contributed by atoms with E-state index < -0.39 is 11.9 Å². The maximum absolute atomic E-state index is 12.7. The molecule has 0 aliphatic carbocycles. The smallest absolute Gasteiger partial charge is 0.306 e. The Labute approximate surface area is 253 Å². The van der Waals surface area contributed by atoms with E-state index in [0.29, 0.717) is 9.75 Å². The van der Waals surface area contributed by atoms with Gasteiger partial charge in [0.25, 0.3) is 0 Å². The van der Waals surface area contributed by atoms with Crippen molar-refractivity contribution >= 4 is 66.2 Å². The van der Waals surface area contributed by atoms with E-state index in [9.17, 15) is 19.2 Å². The summed E-state index contributed by atoms with van der Waals surface area (Å²) in [7, 11) is 3.29. The molecule has 0 fully saturated rings. The third-order valence-corrected chi connectivity index (χ3v) is 9.91. The standard InChI is InChI=1S/C33H36O7S2/c1-18(20(3)34)10-25(35)31-14-23-12-21(27(39-4)16-29(23)41-31)8-6-7-9-22-13-24-15-32(26(36)11-19(2)33(37)38)42-30(24)17-28(22)40-5/h12-19H,6-11H2,1-5H3,(H,37,38)/t18-,19-/m0/s1. The molecule has 2 atom stereocenters. The highest BCUT2D eigenvalue weighted by Crippen LogP contribution is 2.36. The number of hydrogen-bond acceptors (Lipinski definition) is 8. The Morgan fingerprint density at radius 2 is 1.14 bits per heavy atom. The molecule has 0 radical (unpaired) electrons. The molecule has 2 heterocycles. The van der Waals surface area contributed by atoms with Crippen LogP contribution >= 0.6 is 22.7 Å². The molecule has 0 aliphatic heterocycles. The van der Waals surface area contributed by atoms with Crippen LogP contribution in [-0.4, -0.2) is 42.6 Å². The average Bonchev–Trinajstić information content (AvgIpc) is 3.57. The van der Waals surface area contributed by atoms with Crippen LogP contribution < -0.4 is 9.47 Å². The van der Waals surface area contributed by atoms with E-state index in [1.807, 2.05) is 24.3 Å². The molecule has 1 N–H and O–H groups in total. The molecule has 0 saturated heterocycles. The fourth-order valence-corrected chi connectivity index (χ4v) is 6.94. The van der Waals surface area contributed by atoms with E-state index in [1.54, 1.807) is 28.1 Å². The maximum Gasteiger partial charge on any atom is 0.306 e. The monoisotopic (exact) mass is 608 g/mol. The number of aliphatic carboxylic acids is 1. The second kappa shape index (κ2) is 13.6. The molecule has 0 amide bonds. The summed E-state index contributed by atoms with van der Waals surface area (Å²) < 4.78 is 13.3. The first kappa shape index (κ1) is 31.4. The Kier molecular flexibility index (Phi) is 10.2. The number of carboxylic acids is 1. The lowest BCUT2D eigenvalue weighted by Gasteiger charge is -2.11. The molecular formula is C33H36O7S2. The van der Waals surface area contributed by atoms with Gasteiger partial charge in [0.15, 0.2) is 11.6 Å². The molecule has 0 aliphatic rings. The van der Waals surface area contributed by atoms with Gasteiger partial charge in [0, 0.05) is 28.2 Å². The van der Waals surface area contributed by atoms with Crippen molar-refractivity contribution in [2.24, 2.45) is 11.8 Å². The topological polar surface area (TPSA) is 107 Å². The summed E-state index contributed by atoms with van der Waals surface area (Å²) in [6.07, 6.45) is 3.62. The summed E-state index contributed by atoms with van der Waals surface area (Å²) in [6, 6.07) is 11.9. The van der Waals surface area contributed by atoms with Crippen LogP contribution in [0.25, 0.3) is 20.2 Å². The van der Waals surface area contributed by atoms with Crippen molar-refractivity contribution in [3.8, 4) is 11.5 Å². The fourth-order valence-electron chi connectivity index (χ4n) is 4.90. The second-order valence-corrected chi connectivity index (χ2v) is 13.0. The van der Waals surface area contributed by atoms with Crippen LogP contribution in [0.4, 0.5) is 0 Å². The number of benzene rings is 2. The fraction of sp³-hybridized carbons (Fsp3) is 0.394. The number of carbonyl (C=O) groups is 4. The number of ketones is 3. The predicted octanol–water partition coefficient (Wildman–Crippen LogP) is 7.79. The zero-order valence-corrected chi connectivity index (χ0v) is 26.2. The quantitative estimate of drug-likeness (QED) is 0.108. The minimum atomic E-state index is -0.975. The number of carboxylic acid groups (broad SMARTS) is 1. The number of Topliss-reactive ketones (excluding diaryl/α,β-unsaturated/α-hetero) is 3. The molecule has 0 saturated carbocycles. The van der Waals surface area contributed by atoms with Crippen molar-refractivity contribution in [1.82, 2.24) is 0 Å². The minimum absolute atomic E-state index is 0.0118. The van der Waals surface area contributed by atoms with E-state index in [2.05, 4.69) is 12.1 Å². The third kappa shape index (κ3) is 7.25. The lowest BCUT2D eigenvalue weighted by Crippen LogP contribution is -2.13. The first-order valence-electron chi connectivity index (χ1n) is 14.0. The molecule has 0 unspecified atom stereocenters. The lowest BCUT2D eigenvalue weighted by molar-refractivity contribution is -0.141. The third-order valence-electron chi connectivity index (χ3n) is 7.63. The number of thiophene rings is 2. The molecule has 0 spiro atoms. The van der Waals surface area contributed by atoms with Crippen molar-refractivity contribution in [3.05, 3.63) is 57.3 Å². The molecule has 7 nitrogen and oxygen atoms in total. The number of rotatable bonds is 15. The number of ether oxygens (including phenoxy) is 2. The number of fused-ring (bicyclic) bond motifs is 2. The van der Waals surface area contributed by atoms with E-state index in [0.717, 1.165) is 68.5 Å². The van der Waals surface area contributed by atoms with Crippen LogP contribution in [0, 0.1) is 11.8 Å². The number of hydrogen-bond donors (Lipinski definition) is 1. The first-order valence-corrected chi connectivity index (χ1v) is 15.6. The molecular weight excluding hydrogens is 572 g/mol. The van der Waals surface area contributed by atoms with Crippen molar-refractivity contribution in [3.63, 3.8) is 0 Å². The highest BCUT2D eigenvalue weighted by molar-refractivity contribution is 7.21. The van der Waals surface area contributed by atoms with Crippen LogP contribution in [0.15, 0.2) is 36.4 Å². The Hall–Kier alpha value is -3.56. The summed E-state index contributed by atoms with van der Waals surface area (Å²) in [5.74, 6) is -0.571. The van der Waals surface area contributed by atoms with Crippen LogP contribution in [0.1, 0.15) is 76.9 Å². The Bertz CT molecular complexity index is 1520. The number of unbranched alkanes of at least 4 members (excludes halogenated alkanes) is 1. The zero-order chi connectivity index (χ0) is 30.6. The van der Waals surface area contributed by atoms with Gasteiger partial charge >= 0.3 is 5.97 Å². The van der Waals surface area contributed by atoms with Gasteiger partial charge < -0.3 is 14.6 Å². The number of carbonyl (C=O) groups excluding carboxylic acids is 3. The van der Waals surface area contributed by atoms with Gasteiger partial charge in [-0.2, -0.15) is 0 Å². The largest absolute Gasteiger partial charge is 0.496 e. The second-order valence-electron chi connectivity index (χ2n) is 10.8. The summed E-state index contributed by atoms with van der Waals surface area (Å²) >= 11 is 2.80. The molecule has 2 aromatic heterocycles. The van der Waals surface area contributed by atoms with E-state index in [-0.39, 0.29) is 36.1 Å². The van der Waals surface area contributed by atoms with Crippen LogP contribution in [0.5, 0.6) is 11.5 Å². The van der Waals surface area contributed by atoms with Gasteiger partial charge in [0.05, 0.1) is 29.9 Å². The molecule has 2 aromatic carbocycles. The van der Waals surface area contributed by atoms with Gasteiger partial charge in [0.1, 0.15) is 17.3 Å². The highest BCUT2D eigenvalue weighted by atomic mass is 32.1. The first-order chi connectivity index (χ1) is 20.0. The van der Waals surface area contributed by atoms with Crippen molar-refractivity contribution in [2.75, 3.05) is 14.2 Å². The van der Waals surface area contributed by atoms with E-state index >= 15 is 0 Å². The van der Waals surface area contributed by atoms with E-state index in [4.69, 9.17) is 14.6 Å². The molecule has 42 heavy (non-hydrogen) atoms. The SMILES string of the molecule is COc1cc2sc(C(=O)C[C@H](C)C(C)=O)cc2cc1CCCCc1cc2cc(C(=O)C[C@H](C)C(=O)O)sc2cc1OC. The highest BCUT2D eigenvalue weighted by Gasteiger charge is 2.20. The van der Waals surface area contributed by atoms with Crippen LogP contribution in [-0.2, 0) is 22.4 Å². The summed E-state index contributed by atoms with van der Waals surface area (Å²) in [6.45, 7) is 4.84. The summed E-state index contributed by atoms with van der Waals surface area (Å²) in [5.41, 5.74) is 2.14. The van der Waals surface area contributed by atoms with Crippen LogP contribution in [0.3, 0.4) is 0 Å². The van der Waals surface area contributed by atoms with Gasteiger partial charge in [-0.3, -0.25) is 19.2 Å². The Balaban J connectivity index is 1.43. The van der Waals surface area contributed by atoms with Gasteiger partial charge in [0.2, 0.25) is 0 Å². The molecule has 9 heteroatoms. The van der Waals surface area contributed by atoms with Crippen LogP contribution in [0.2, 0.25) is 0 Å². The average molecular weight is 609 g/mol. The lowest BCUT2D eigenvalue weighted by atomic mass is 9.99. The number of aryl methyl sites for hydroxylation is 2.